The van der Waals surface area contributed by atoms with E-state index in [2.05, 4.69) is 42.2 Å². The summed E-state index contributed by atoms with van der Waals surface area (Å²) in [5, 5.41) is 2.40. The molecule has 0 radical (unpaired) electrons. The molecule has 0 bridgehead atoms. The van der Waals surface area contributed by atoms with Crippen molar-refractivity contribution in [2.45, 2.75) is 50.5 Å². The zero-order valence-electron chi connectivity index (χ0n) is 16.1. The molecule has 4 aromatic rings. The average Bonchev–Trinajstić information content (AvgIpc) is 3.35. The molecule has 0 unspecified atom stereocenters. The second kappa shape index (κ2) is 7.80. The van der Waals surface area contributed by atoms with Crippen LogP contribution < -0.4 is 0 Å². The van der Waals surface area contributed by atoms with Crippen LogP contribution in [0.1, 0.15) is 43.7 Å². The summed E-state index contributed by atoms with van der Waals surface area (Å²) in [6.07, 6.45) is 8.96. The first-order valence-electron chi connectivity index (χ1n) is 10.1. The van der Waals surface area contributed by atoms with Crippen LogP contribution in [0.25, 0.3) is 31.7 Å². The Balaban J connectivity index is 1.67. The van der Waals surface area contributed by atoms with E-state index < -0.39 is 0 Å². The molecule has 0 fully saturated rings. The normalized spacial score (nSPS) is 13.5. The molecule has 0 saturated heterocycles. The number of thiophene rings is 1. The molecular weight excluding hydrogens is 382 g/mol. The first-order chi connectivity index (χ1) is 13.9. The third kappa shape index (κ3) is 3.11. The Bertz CT molecular complexity index is 1140. The number of unbranched alkanes of at least 4 members (excludes halogenated alkanes) is 2. The van der Waals surface area contributed by atoms with Gasteiger partial charge in [0.25, 0.3) is 0 Å². The van der Waals surface area contributed by atoms with Crippen LogP contribution in [0, 0.1) is 0 Å². The van der Waals surface area contributed by atoms with Crippen molar-refractivity contribution in [3.05, 3.63) is 47.8 Å². The molecule has 3 heterocycles. The highest BCUT2D eigenvalue weighted by Crippen LogP contribution is 2.43. The lowest BCUT2D eigenvalue weighted by Gasteiger charge is -2.09. The molecule has 3 aromatic heterocycles. The molecular formula is C23H23N3S2. The fourth-order valence-electron chi connectivity index (χ4n) is 4.14. The van der Waals surface area contributed by atoms with Crippen molar-refractivity contribution in [1.82, 2.24) is 15.0 Å². The molecule has 28 heavy (non-hydrogen) atoms. The number of hydrogen-bond donors (Lipinski definition) is 0. The Kier molecular flexibility index (Phi) is 5.03. The molecule has 1 aromatic carbocycles. The van der Waals surface area contributed by atoms with Crippen LogP contribution in [-0.2, 0) is 12.8 Å². The van der Waals surface area contributed by atoms with E-state index in [0.717, 1.165) is 39.7 Å². The topological polar surface area (TPSA) is 38.7 Å². The van der Waals surface area contributed by atoms with E-state index in [1.807, 2.05) is 11.8 Å². The van der Waals surface area contributed by atoms with Gasteiger partial charge in [-0.15, -0.1) is 23.1 Å². The van der Waals surface area contributed by atoms with Gasteiger partial charge >= 0.3 is 0 Å². The van der Waals surface area contributed by atoms with Crippen LogP contribution in [0.5, 0.6) is 0 Å². The van der Waals surface area contributed by atoms with Gasteiger partial charge in [0, 0.05) is 10.9 Å². The predicted octanol–water partition coefficient (Wildman–Crippen LogP) is 6.68. The molecule has 3 nitrogen and oxygen atoms in total. The minimum Gasteiger partial charge on any atom is -0.236 e. The minimum atomic E-state index is 1.11. The number of hydrogen-bond acceptors (Lipinski definition) is 5. The van der Waals surface area contributed by atoms with Crippen molar-refractivity contribution in [3.63, 3.8) is 0 Å². The maximum atomic E-state index is 5.15. The Morgan fingerprint density at radius 1 is 1.04 bits per heavy atom. The zero-order chi connectivity index (χ0) is 18.9. The third-order valence-corrected chi connectivity index (χ3v) is 7.76. The van der Waals surface area contributed by atoms with Crippen LogP contribution in [0.15, 0.2) is 41.7 Å². The lowest BCUT2D eigenvalue weighted by atomic mass is 10.0. The average molecular weight is 406 g/mol. The predicted molar refractivity (Wildman–Crippen MR) is 120 cm³/mol. The second-order valence-electron chi connectivity index (χ2n) is 7.33. The van der Waals surface area contributed by atoms with Gasteiger partial charge in [-0.2, -0.15) is 0 Å². The summed E-state index contributed by atoms with van der Waals surface area (Å²) >= 11 is 3.64. The lowest BCUT2D eigenvalue weighted by molar-refractivity contribution is 0.778. The van der Waals surface area contributed by atoms with E-state index in [0.29, 0.717) is 0 Å². The van der Waals surface area contributed by atoms with Gasteiger partial charge < -0.3 is 0 Å². The third-order valence-electron chi connectivity index (χ3n) is 5.47. The van der Waals surface area contributed by atoms with Gasteiger partial charge in [0.15, 0.2) is 0 Å². The van der Waals surface area contributed by atoms with Gasteiger partial charge in [-0.25, -0.2) is 15.0 Å². The Morgan fingerprint density at radius 3 is 2.75 bits per heavy atom. The summed E-state index contributed by atoms with van der Waals surface area (Å²) in [6, 6.07) is 10.6. The molecule has 0 aliphatic heterocycles. The second-order valence-corrected chi connectivity index (χ2v) is 9.41. The number of benzene rings is 1. The zero-order valence-corrected chi connectivity index (χ0v) is 17.7. The molecule has 5 rings (SSSR count). The molecule has 5 heteroatoms. The van der Waals surface area contributed by atoms with Gasteiger partial charge in [-0.3, -0.25) is 0 Å². The van der Waals surface area contributed by atoms with E-state index in [-0.39, 0.29) is 0 Å². The van der Waals surface area contributed by atoms with E-state index in [1.54, 1.807) is 17.7 Å². The van der Waals surface area contributed by atoms with Gasteiger partial charge in [0.2, 0.25) is 0 Å². The van der Waals surface area contributed by atoms with Crippen molar-refractivity contribution in [3.8, 4) is 11.3 Å². The van der Waals surface area contributed by atoms with E-state index in [1.165, 1.54) is 52.5 Å². The summed E-state index contributed by atoms with van der Waals surface area (Å²) in [5.74, 6) is 1.12. The number of nitrogens with zero attached hydrogens (tertiary/aromatic N) is 3. The highest BCUT2D eigenvalue weighted by molar-refractivity contribution is 7.99. The van der Waals surface area contributed by atoms with Crippen LogP contribution in [0.4, 0.5) is 0 Å². The molecule has 0 amide bonds. The number of thioether (sulfide) groups is 1. The number of rotatable bonds is 6. The molecule has 1 aliphatic rings. The van der Waals surface area contributed by atoms with Crippen LogP contribution in [0.3, 0.4) is 0 Å². The smallest absolute Gasteiger partial charge is 0.127 e. The number of aryl methyl sites for hydroxylation is 1. The monoisotopic (exact) mass is 405 g/mol. The minimum absolute atomic E-state index is 1.11. The summed E-state index contributed by atoms with van der Waals surface area (Å²) in [5.41, 5.74) is 6.39. The molecule has 0 atom stereocenters. The maximum Gasteiger partial charge on any atom is 0.127 e. The SMILES string of the molecule is CCCCCSc1ncnc2c1sc1nc(-c3ccccc3)c3c(c12)CCC3. The quantitative estimate of drug-likeness (QED) is 0.204. The summed E-state index contributed by atoms with van der Waals surface area (Å²) in [7, 11) is 0. The van der Waals surface area contributed by atoms with Gasteiger partial charge in [-0.05, 0) is 42.6 Å². The van der Waals surface area contributed by atoms with Gasteiger partial charge in [-0.1, -0.05) is 50.1 Å². The van der Waals surface area contributed by atoms with Crippen molar-refractivity contribution in [1.29, 1.82) is 0 Å². The number of fused-ring (bicyclic) bond motifs is 5. The van der Waals surface area contributed by atoms with Crippen molar-refractivity contribution < 1.29 is 0 Å². The summed E-state index contributed by atoms with van der Waals surface area (Å²) in [4.78, 5) is 15.6. The fraction of sp³-hybridized carbons (Fsp3) is 0.348. The number of aromatic nitrogens is 3. The van der Waals surface area contributed by atoms with Gasteiger partial charge in [0.05, 0.1) is 15.9 Å². The molecule has 142 valence electrons. The van der Waals surface area contributed by atoms with Crippen LogP contribution in [0.2, 0.25) is 0 Å². The summed E-state index contributed by atoms with van der Waals surface area (Å²) < 4.78 is 1.21. The van der Waals surface area contributed by atoms with Crippen LogP contribution in [-0.4, -0.2) is 20.7 Å². The molecule has 0 spiro atoms. The van der Waals surface area contributed by atoms with Crippen molar-refractivity contribution in [2.24, 2.45) is 0 Å². The standard InChI is InChI=1S/C23H23N3S2/c1-2-3-7-13-27-23-21-20(24-14-25-23)18-16-11-8-12-17(16)19(26-22(18)28-21)15-9-5-4-6-10-15/h4-6,9-10,14H,2-3,7-8,11-13H2,1H3. The number of pyridine rings is 1. The van der Waals surface area contributed by atoms with Gasteiger partial charge in [0.1, 0.15) is 16.2 Å². The van der Waals surface area contributed by atoms with E-state index in [9.17, 15) is 0 Å². The molecule has 1 aliphatic carbocycles. The fourth-order valence-corrected chi connectivity index (χ4v) is 6.37. The molecule has 0 saturated carbocycles. The van der Waals surface area contributed by atoms with Crippen molar-refractivity contribution >= 4 is 43.5 Å². The molecule has 0 N–H and O–H groups in total. The Labute approximate surface area is 173 Å². The van der Waals surface area contributed by atoms with E-state index in [4.69, 9.17) is 9.97 Å². The van der Waals surface area contributed by atoms with Crippen molar-refractivity contribution in [2.75, 3.05) is 5.75 Å². The van der Waals surface area contributed by atoms with Crippen LogP contribution >= 0.6 is 23.1 Å². The first kappa shape index (κ1) is 18.1. The Hall–Kier alpha value is -1.98. The Morgan fingerprint density at radius 2 is 1.89 bits per heavy atom. The largest absolute Gasteiger partial charge is 0.236 e. The first-order valence-corrected chi connectivity index (χ1v) is 11.9. The highest BCUT2D eigenvalue weighted by atomic mass is 32.2. The van der Waals surface area contributed by atoms with E-state index >= 15 is 0 Å². The summed E-state index contributed by atoms with van der Waals surface area (Å²) in [6.45, 7) is 2.25. The maximum absolute atomic E-state index is 5.15. The highest BCUT2D eigenvalue weighted by Gasteiger charge is 2.24. The lowest BCUT2D eigenvalue weighted by Crippen LogP contribution is -1.94.